The average Bonchev–Trinajstić information content (AvgIpc) is 2.49. The molecule has 1 aromatic carbocycles. The molecule has 2 rings (SSSR count). The Morgan fingerprint density at radius 1 is 1.50 bits per heavy atom. The molecule has 1 aliphatic rings. The number of carbonyl (C=O) groups excluding carboxylic acids is 2. The first kappa shape index (κ1) is 16.2. The Bertz CT molecular complexity index is 568. The highest BCUT2D eigenvalue weighted by Crippen LogP contribution is 2.17. The second-order valence-electron chi connectivity index (χ2n) is 4.81. The monoisotopic (exact) mass is 314 g/mol. The first-order chi connectivity index (χ1) is 10.5. The van der Waals surface area contributed by atoms with E-state index >= 15 is 0 Å². The van der Waals surface area contributed by atoms with Gasteiger partial charge in [0.25, 0.3) is 0 Å². The van der Waals surface area contributed by atoms with Gasteiger partial charge >= 0.3 is 6.09 Å². The molecule has 0 spiro atoms. The third kappa shape index (κ3) is 3.91. The Kier molecular flexibility index (Phi) is 5.26. The molecule has 0 bridgehead atoms. The van der Waals surface area contributed by atoms with Gasteiger partial charge in [0.2, 0.25) is 5.91 Å². The number of halogens is 2. The minimum Gasteiger partial charge on any atom is -0.449 e. The molecular weight excluding hydrogens is 298 g/mol. The molecule has 6 nitrogen and oxygen atoms in total. The van der Waals surface area contributed by atoms with E-state index in [2.05, 4.69) is 15.4 Å². The third-order valence-electron chi connectivity index (χ3n) is 3.24. The molecule has 2 N–H and O–H groups in total. The number of carbonyl (C=O) groups is 2. The zero-order valence-corrected chi connectivity index (χ0v) is 11.9. The lowest BCUT2D eigenvalue weighted by Gasteiger charge is -2.25. The number of ether oxygens (including phenoxy) is 2. The van der Waals surface area contributed by atoms with Crippen LogP contribution in [-0.4, -0.2) is 38.4 Å². The normalized spacial score (nSPS) is 19.0. The van der Waals surface area contributed by atoms with Gasteiger partial charge in [-0.15, -0.1) is 0 Å². The first-order valence-electron chi connectivity index (χ1n) is 6.69. The molecule has 120 valence electrons. The Morgan fingerprint density at radius 2 is 2.27 bits per heavy atom. The standard InChI is InChI=1S/C14H16F2N2O4/c1-21-7-12(8-2-3-9(15)10(16)6-8)17-13(19)11-4-5-22-14(20)18-11/h2-3,6,11-12H,4-5,7H2,1H3,(H,17,19)(H,18,20). The second kappa shape index (κ2) is 7.17. The summed E-state index contributed by atoms with van der Waals surface area (Å²) in [5.41, 5.74) is 0.368. The summed E-state index contributed by atoms with van der Waals surface area (Å²) in [6.45, 7) is 0.220. The number of hydrogen-bond acceptors (Lipinski definition) is 4. The fourth-order valence-electron chi connectivity index (χ4n) is 2.11. The molecule has 22 heavy (non-hydrogen) atoms. The molecule has 0 aromatic heterocycles. The summed E-state index contributed by atoms with van der Waals surface area (Å²) in [5, 5.41) is 5.04. The lowest BCUT2D eigenvalue weighted by Crippen LogP contribution is -2.51. The van der Waals surface area contributed by atoms with Crippen molar-refractivity contribution in [3.05, 3.63) is 35.4 Å². The molecular formula is C14H16F2N2O4. The minimum absolute atomic E-state index is 0.0774. The molecule has 1 fully saturated rings. The number of amides is 2. The number of hydrogen-bond donors (Lipinski definition) is 2. The van der Waals surface area contributed by atoms with Gasteiger partial charge in [0.15, 0.2) is 11.6 Å². The highest BCUT2D eigenvalue weighted by atomic mass is 19.2. The van der Waals surface area contributed by atoms with Crippen molar-refractivity contribution in [3.63, 3.8) is 0 Å². The summed E-state index contributed by atoms with van der Waals surface area (Å²) in [5.74, 6) is -2.42. The molecule has 0 aliphatic carbocycles. The zero-order chi connectivity index (χ0) is 16.1. The van der Waals surface area contributed by atoms with Gasteiger partial charge in [-0.1, -0.05) is 6.07 Å². The number of cyclic esters (lactones) is 1. The van der Waals surface area contributed by atoms with Crippen molar-refractivity contribution >= 4 is 12.0 Å². The van der Waals surface area contributed by atoms with Crippen LogP contribution in [0.2, 0.25) is 0 Å². The second-order valence-corrected chi connectivity index (χ2v) is 4.81. The van der Waals surface area contributed by atoms with Crippen LogP contribution in [0.3, 0.4) is 0 Å². The van der Waals surface area contributed by atoms with Crippen molar-refractivity contribution in [3.8, 4) is 0 Å². The molecule has 2 unspecified atom stereocenters. The quantitative estimate of drug-likeness (QED) is 0.858. The summed E-state index contributed by atoms with van der Waals surface area (Å²) in [6, 6.07) is 1.96. The van der Waals surface area contributed by atoms with Gasteiger partial charge < -0.3 is 20.1 Å². The van der Waals surface area contributed by atoms with Crippen LogP contribution >= 0.6 is 0 Å². The van der Waals surface area contributed by atoms with E-state index in [1.807, 2.05) is 0 Å². The summed E-state index contributed by atoms with van der Waals surface area (Å²) < 4.78 is 36.0. The molecule has 2 amide bonds. The van der Waals surface area contributed by atoms with Crippen LogP contribution in [0.25, 0.3) is 0 Å². The van der Waals surface area contributed by atoms with E-state index in [-0.39, 0.29) is 13.2 Å². The summed E-state index contributed by atoms with van der Waals surface area (Å²) in [6.07, 6.45) is -0.336. The van der Waals surface area contributed by atoms with Gasteiger partial charge in [-0.05, 0) is 17.7 Å². The van der Waals surface area contributed by atoms with Crippen LogP contribution < -0.4 is 10.6 Å². The van der Waals surface area contributed by atoms with E-state index in [0.29, 0.717) is 12.0 Å². The van der Waals surface area contributed by atoms with Crippen LogP contribution in [0.1, 0.15) is 18.0 Å². The van der Waals surface area contributed by atoms with Crippen LogP contribution in [0.15, 0.2) is 18.2 Å². The maximum absolute atomic E-state index is 13.3. The highest BCUT2D eigenvalue weighted by molar-refractivity contribution is 5.86. The topological polar surface area (TPSA) is 76.7 Å². The maximum atomic E-state index is 13.3. The lowest BCUT2D eigenvalue weighted by molar-refractivity contribution is -0.125. The van der Waals surface area contributed by atoms with Crippen LogP contribution in [-0.2, 0) is 14.3 Å². The number of methoxy groups -OCH3 is 1. The van der Waals surface area contributed by atoms with E-state index in [9.17, 15) is 18.4 Å². The highest BCUT2D eigenvalue weighted by Gasteiger charge is 2.28. The molecule has 1 aromatic rings. The van der Waals surface area contributed by atoms with Gasteiger partial charge in [0.1, 0.15) is 6.04 Å². The predicted octanol–water partition coefficient (Wildman–Crippen LogP) is 1.27. The van der Waals surface area contributed by atoms with Crippen LogP contribution in [0.4, 0.5) is 13.6 Å². The number of rotatable bonds is 5. The van der Waals surface area contributed by atoms with Crippen molar-refractivity contribution in [1.82, 2.24) is 10.6 Å². The zero-order valence-electron chi connectivity index (χ0n) is 11.9. The number of alkyl carbamates (subject to hydrolysis) is 1. The van der Waals surface area contributed by atoms with Gasteiger partial charge in [-0.2, -0.15) is 0 Å². The van der Waals surface area contributed by atoms with Gasteiger partial charge in [0, 0.05) is 13.5 Å². The molecule has 2 atom stereocenters. The smallest absolute Gasteiger partial charge is 0.407 e. The molecule has 0 radical (unpaired) electrons. The van der Waals surface area contributed by atoms with Crippen molar-refractivity contribution in [2.45, 2.75) is 18.5 Å². The predicted molar refractivity (Wildman–Crippen MR) is 72.0 cm³/mol. The molecule has 1 heterocycles. The Hall–Kier alpha value is -2.22. The summed E-state index contributed by atoms with van der Waals surface area (Å²) in [4.78, 5) is 23.3. The summed E-state index contributed by atoms with van der Waals surface area (Å²) >= 11 is 0. The van der Waals surface area contributed by atoms with Crippen molar-refractivity contribution < 1.29 is 27.8 Å². The molecule has 1 saturated heterocycles. The van der Waals surface area contributed by atoms with Gasteiger partial charge in [-0.25, -0.2) is 13.6 Å². The molecule has 1 aliphatic heterocycles. The average molecular weight is 314 g/mol. The number of nitrogens with one attached hydrogen (secondary N) is 2. The van der Waals surface area contributed by atoms with Gasteiger partial charge in [-0.3, -0.25) is 4.79 Å². The van der Waals surface area contributed by atoms with Crippen LogP contribution in [0, 0.1) is 11.6 Å². The fourth-order valence-corrected chi connectivity index (χ4v) is 2.11. The SMILES string of the molecule is COCC(NC(=O)C1CCOC(=O)N1)c1ccc(F)c(F)c1. The van der Waals surface area contributed by atoms with Crippen molar-refractivity contribution in [2.75, 3.05) is 20.3 Å². The molecule has 0 saturated carbocycles. The van der Waals surface area contributed by atoms with E-state index < -0.39 is 35.7 Å². The van der Waals surface area contributed by atoms with Crippen molar-refractivity contribution in [2.24, 2.45) is 0 Å². The molecule has 8 heteroatoms. The van der Waals surface area contributed by atoms with E-state index in [4.69, 9.17) is 4.74 Å². The minimum atomic E-state index is -1.01. The Morgan fingerprint density at radius 3 is 2.91 bits per heavy atom. The fraction of sp³-hybridized carbons (Fsp3) is 0.429. The largest absolute Gasteiger partial charge is 0.449 e. The van der Waals surface area contributed by atoms with E-state index in [1.54, 1.807) is 0 Å². The Balaban J connectivity index is 2.08. The third-order valence-corrected chi connectivity index (χ3v) is 3.24. The van der Waals surface area contributed by atoms with Gasteiger partial charge in [0.05, 0.1) is 19.3 Å². The van der Waals surface area contributed by atoms with Crippen LogP contribution in [0.5, 0.6) is 0 Å². The first-order valence-corrected chi connectivity index (χ1v) is 6.69. The number of benzene rings is 1. The summed E-state index contributed by atoms with van der Waals surface area (Å²) in [7, 11) is 1.43. The Labute approximate surface area is 125 Å². The maximum Gasteiger partial charge on any atom is 0.407 e. The van der Waals surface area contributed by atoms with E-state index in [0.717, 1.165) is 12.1 Å². The lowest BCUT2D eigenvalue weighted by atomic mass is 10.1. The van der Waals surface area contributed by atoms with E-state index in [1.165, 1.54) is 13.2 Å². The van der Waals surface area contributed by atoms with Crippen molar-refractivity contribution in [1.29, 1.82) is 0 Å².